The summed E-state index contributed by atoms with van der Waals surface area (Å²) in [4.78, 5) is 10.0. The molecule has 1 heteroatoms. The van der Waals surface area contributed by atoms with E-state index in [2.05, 4.69) is 18.2 Å². The lowest BCUT2D eigenvalue weighted by atomic mass is 10.2. The molecule has 0 unspecified atom stereocenters. The third-order valence-electron chi connectivity index (χ3n) is 2.50. The highest BCUT2D eigenvalue weighted by Gasteiger charge is 1.78. The van der Waals surface area contributed by atoms with Crippen molar-refractivity contribution < 1.29 is 4.79 Å². The van der Waals surface area contributed by atoms with Crippen LogP contribution in [0.4, 0.5) is 0 Å². The number of benzene rings is 1. The van der Waals surface area contributed by atoms with E-state index in [1.807, 2.05) is 79.0 Å². The maximum Gasteiger partial charge on any atom is 0.142 e. The number of hydrogen-bond donors (Lipinski definition) is 0. The van der Waals surface area contributed by atoms with Crippen molar-refractivity contribution in [3.63, 3.8) is 0 Å². The molecule has 0 aliphatic heterocycles. The van der Waals surface area contributed by atoms with Crippen molar-refractivity contribution in [1.29, 1.82) is 0 Å². The molecule has 0 saturated carbocycles. The summed E-state index contributed by atoms with van der Waals surface area (Å²) in [5.74, 6) is 0. The number of rotatable bonds is 8. The van der Waals surface area contributed by atoms with E-state index < -0.39 is 0 Å². The maximum atomic E-state index is 10.0. The van der Waals surface area contributed by atoms with E-state index in [1.165, 1.54) is 11.6 Å². The first-order valence-corrected chi connectivity index (χ1v) is 7.10. The van der Waals surface area contributed by atoms with Crippen molar-refractivity contribution in [2.75, 3.05) is 0 Å². The summed E-state index contributed by atoms with van der Waals surface area (Å²) in [6.07, 6.45) is 27.3. The van der Waals surface area contributed by atoms with Crippen molar-refractivity contribution in [2.45, 2.75) is 0 Å². The molecule has 1 aromatic carbocycles. The Balaban J connectivity index is 2.24. The Bertz CT molecular complexity index is 609. The van der Waals surface area contributed by atoms with Crippen molar-refractivity contribution in [2.24, 2.45) is 0 Å². The molecule has 110 valence electrons. The van der Waals surface area contributed by atoms with Crippen LogP contribution >= 0.6 is 0 Å². The molecular weight excluding hydrogens is 268 g/mol. The molecule has 0 amide bonds. The second-order valence-corrected chi connectivity index (χ2v) is 4.22. The van der Waals surface area contributed by atoms with Gasteiger partial charge in [-0.25, -0.2) is 0 Å². The average Bonchev–Trinajstić information content (AvgIpc) is 2.56. The van der Waals surface area contributed by atoms with Crippen LogP contribution in [0.3, 0.4) is 0 Å². The molecule has 1 rings (SSSR count). The smallest absolute Gasteiger partial charge is 0.142 e. The molecule has 0 saturated heterocycles. The summed E-state index contributed by atoms with van der Waals surface area (Å²) in [7, 11) is 0. The van der Waals surface area contributed by atoms with Gasteiger partial charge >= 0.3 is 0 Å². The van der Waals surface area contributed by atoms with Crippen LogP contribution in [0.1, 0.15) is 5.56 Å². The van der Waals surface area contributed by atoms with Gasteiger partial charge in [-0.1, -0.05) is 109 Å². The Morgan fingerprint density at radius 1 is 0.500 bits per heavy atom. The lowest BCUT2D eigenvalue weighted by Gasteiger charge is -1.87. The van der Waals surface area contributed by atoms with Crippen molar-refractivity contribution >= 4 is 12.4 Å². The molecule has 0 aliphatic rings. The first-order valence-electron chi connectivity index (χ1n) is 7.10. The Hall–Kier alpha value is -2.93. The van der Waals surface area contributed by atoms with Crippen LogP contribution in [-0.2, 0) is 4.79 Å². The lowest BCUT2D eigenvalue weighted by Crippen LogP contribution is -1.66. The number of hydrogen-bond acceptors (Lipinski definition) is 1. The summed E-state index contributed by atoms with van der Waals surface area (Å²) in [5, 5.41) is 0. The van der Waals surface area contributed by atoms with Crippen LogP contribution in [0.15, 0.2) is 109 Å². The Labute approximate surface area is 132 Å². The highest BCUT2D eigenvalue weighted by molar-refractivity contribution is 5.65. The molecule has 0 atom stereocenters. The van der Waals surface area contributed by atoms with Gasteiger partial charge in [0.1, 0.15) is 6.29 Å². The summed E-state index contributed by atoms with van der Waals surface area (Å²) in [6.45, 7) is 0. The molecule has 0 bridgehead atoms. The van der Waals surface area contributed by atoms with Gasteiger partial charge in [-0.2, -0.15) is 0 Å². The molecule has 0 radical (unpaired) electrons. The predicted molar refractivity (Wildman–Crippen MR) is 96.4 cm³/mol. The Morgan fingerprint density at radius 3 is 1.36 bits per heavy atom. The van der Waals surface area contributed by atoms with Crippen LogP contribution in [0.2, 0.25) is 0 Å². The van der Waals surface area contributed by atoms with Gasteiger partial charge in [0, 0.05) is 0 Å². The van der Waals surface area contributed by atoms with E-state index in [4.69, 9.17) is 0 Å². The van der Waals surface area contributed by atoms with Crippen LogP contribution in [0, 0.1) is 0 Å². The lowest BCUT2D eigenvalue weighted by molar-refractivity contribution is -0.104. The minimum Gasteiger partial charge on any atom is -0.299 e. The number of aldehydes is 1. The molecular formula is C21H20O. The van der Waals surface area contributed by atoms with Gasteiger partial charge in [-0.05, 0) is 11.6 Å². The summed E-state index contributed by atoms with van der Waals surface area (Å²) in [5.41, 5.74) is 1.19. The maximum absolute atomic E-state index is 10.0. The van der Waals surface area contributed by atoms with Gasteiger partial charge in [-0.3, -0.25) is 4.79 Å². The van der Waals surface area contributed by atoms with E-state index in [0.29, 0.717) is 0 Å². The predicted octanol–water partition coefficient (Wildman–Crippen LogP) is 5.24. The van der Waals surface area contributed by atoms with E-state index in [9.17, 15) is 4.79 Å². The van der Waals surface area contributed by atoms with Gasteiger partial charge in [0.15, 0.2) is 0 Å². The first kappa shape index (κ1) is 17.1. The number of carbonyl (C=O) groups excluding carboxylic acids is 1. The van der Waals surface area contributed by atoms with Gasteiger partial charge in [0.25, 0.3) is 0 Å². The highest BCUT2D eigenvalue weighted by Crippen LogP contribution is 2.00. The Kier molecular flexibility index (Phi) is 10.2. The zero-order chi connectivity index (χ0) is 15.7. The Morgan fingerprint density at radius 2 is 0.909 bits per heavy atom. The van der Waals surface area contributed by atoms with Gasteiger partial charge in [0.2, 0.25) is 0 Å². The van der Waals surface area contributed by atoms with Crippen molar-refractivity contribution in [3.8, 4) is 0 Å². The molecule has 0 aromatic heterocycles. The third-order valence-corrected chi connectivity index (χ3v) is 2.50. The molecule has 1 aromatic rings. The zero-order valence-electron chi connectivity index (χ0n) is 12.5. The first-order chi connectivity index (χ1) is 10.9. The van der Waals surface area contributed by atoms with Gasteiger partial charge < -0.3 is 0 Å². The fourth-order valence-electron chi connectivity index (χ4n) is 1.48. The van der Waals surface area contributed by atoms with E-state index in [-0.39, 0.29) is 0 Å². The van der Waals surface area contributed by atoms with Crippen LogP contribution in [0.5, 0.6) is 0 Å². The van der Waals surface area contributed by atoms with E-state index >= 15 is 0 Å². The SMILES string of the molecule is O=CC=CC=CC=CC=CC=CC=CC=Cc1ccccc1. The van der Waals surface area contributed by atoms with Crippen LogP contribution < -0.4 is 0 Å². The number of carbonyl (C=O) groups is 1. The summed E-state index contributed by atoms with van der Waals surface area (Å²) >= 11 is 0. The fourth-order valence-corrected chi connectivity index (χ4v) is 1.48. The quantitative estimate of drug-likeness (QED) is 0.363. The molecule has 22 heavy (non-hydrogen) atoms. The molecule has 0 N–H and O–H groups in total. The molecule has 0 aliphatic carbocycles. The van der Waals surface area contributed by atoms with E-state index in [0.717, 1.165) is 6.29 Å². The van der Waals surface area contributed by atoms with Crippen LogP contribution in [0.25, 0.3) is 6.08 Å². The highest BCUT2D eigenvalue weighted by atomic mass is 16.1. The second-order valence-electron chi connectivity index (χ2n) is 4.22. The monoisotopic (exact) mass is 288 g/mol. The normalized spacial score (nSPS) is 13.3. The minimum atomic E-state index is 0.751. The number of allylic oxidation sites excluding steroid dienone is 13. The standard InChI is InChI=1S/C21H20O/c22-20-16-11-9-7-5-3-1-2-4-6-8-10-13-17-21-18-14-12-15-19-21/h1-20H. The fraction of sp³-hybridized carbons (Fsp3) is 0. The van der Waals surface area contributed by atoms with Gasteiger partial charge in [0.05, 0.1) is 0 Å². The third kappa shape index (κ3) is 9.93. The van der Waals surface area contributed by atoms with Crippen molar-refractivity contribution in [3.05, 3.63) is 115 Å². The van der Waals surface area contributed by atoms with Crippen molar-refractivity contribution in [1.82, 2.24) is 0 Å². The molecule has 1 nitrogen and oxygen atoms in total. The molecule has 0 heterocycles. The topological polar surface area (TPSA) is 17.1 Å². The minimum absolute atomic E-state index is 0.751. The molecule has 0 spiro atoms. The summed E-state index contributed by atoms with van der Waals surface area (Å²) in [6, 6.07) is 10.2. The van der Waals surface area contributed by atoms with Gasteiger partial charge in [-0.15, -0.1) is 0 Å². The summed E-state index contributed by atoms with van der Waals surface area (Å²) < 4.78 is 0. The second kappa shape index (κ2) is 13.1. The zero-order valence-corrected chi connectivity index (χ0v) is 12.5. The van der Waals surface area contributed by atoms with Crippen LogP contribution in [-0.4, -0.2) is 6.29 Å². The largest absolute Gasteiger partial charge is 0.299 e. The average molecular weight is 288 g/mol. The molecule has 0 fully saturated rings. The van der Waals surface area contributed by atoms with E-state index in [1.54, 1.807) is 12.2 Å².